The fraction of sp³-hybridized carbons (Fsp3) is 0.300. The highest BCUT2D eigenvalue weighted by Crippen LogP contribution is 2.67. The minimum atomic E-state index is -1.73. The van der Waals surface area contributed by atoms with Crippen LogP contribution in [0.4, 0.5) is 0 Å². The first kappa shape index (κ1) is 20.1. The molecule has 25 heavy (non-hydrogen) atoms. The molecule has 0 aliphatic heterocycles. The summed E-state index contributed by atoms with van der Waals surface area (Å²) in [4.78, 5) is 0. The van der Waals surface area contributed by atoms with E-state index in [1.165, 1.54) is 27.8 Å². The molecular formula is C20H27ClN3P. The average Bonchev–Trinajstić information content (AvgIpc) is 2.85. The fourth-order valence-electron chi connectivity index (χ4n) is 3.78. The maximum absolute atomic E-state index is 2.50. The molecule has 0 saturated heterocycles. The van der Waals surface area contributed by atoms with Crippen molar-refractivity contribution in [3.05, 3.63) is 65.5 Å². The van der Waals surface area contributed by atoms with Crippen LogP contribution in [-0.2, 0) is 0 Å². The third kappa shape index (κ3) is 3.16. The van der Waals surface area contributed by atoms with E-state index in [0.717, 1.165) is 0 Å². The highest BCUT2D eigenvalue weighted by molar-refractivity contribution is 7.72. The number of rotatable bonds is 4. The van der Waals surface area contributed by atoms with E-state index >= 15 is 0 Å². The van der Waals surface area contributed by atoms with E-state index in [1.54, 1.807) is 0 Å². The Labute approximate surface area is 158 Å². The normalized spacial score (nSPS) is 13.1. The number of nitrogens with zero attached hydrogens (tertiary/aromatic N) is 3. The molecule has 0 spiro atoms. The van der Waals surface area contributed by atoms with Crippen LogP contribution >= 0.6 is 7.71 Å². The van der Waals surface area contributed by atoms with Gasteiger partial charge < -0.3 is 12.4 Å². The van der Waals surface area contributed by atoms with Gasteiger partial charge in [0.1, 0.15) is 5.82 Å². The maximum Gasteiger partial charge on any atom is 0.253 e. The van der Waals surface area contributed by atoms with Gasteiger partial charge >= 0.3 is 0 Å². The largest absolute Gasteiger partial charge is 1.00 e. The summed E-state index contributed by atoms with van der Waals surface area (Å²) < 4.78 is 7.09. The zero-order chi connectivity index (χ0) is 17.5. The molecule has 2 aromatic carbocycles. The third-order valence-electron chi connectivity index (χ3n) is 4.79. The predicted molar refractivity (Wildman–Crippen MR) is 107 cm³/mol. The van der Waals surface area contributed by atoms with Crippen molar-refractivity contribution in [2.24, 2.45) is 0 Å². The SMILES string of the molecule is CN(C)[P+](C=C1c2ccccc2-c2ccccc21)(N(C)C)N(C)C.[Cl-]. The van der Waals surface area contributed by atoms with E-state index in [4.69, 9.17) is 0 Å². The van der Waals surface area contributed by atoms with Gasteiger partial charge in [-0.3, -0.25) is 0 Å². The Hall–Kier alpha value is -1.22. The van der Waals surface area contributed by atoms with Gasteiger partial charge in [0.15, 0.2) is 0 Å². The topological polar surface area (TPSA) is 9.72 Å². The van der Waals surface area contributed by atoms with Gasteiger partial charge in [-0.1, -0.05) is 48.5 Å². The molecule has 0 amide bonds. The smallest absolute Gasteiger partial charge is 0.253 e. The van der Waals surface area contributed by atoms with Crippen molar-refractivity contribution in [2.75, 3.05) is 42.3 Å². The Bertz CT molecular complexity index is 715. The number of benzene rings is 2. The van der Waals surface area contributed by atoms with Crippen molar-refractivity contribution in [3.63, 3.8) is 0 Å². The summed E-state index contributed by atoms with van der Waals surface area (Å²) in [5.74, 6) is 2.50. The molecule has 1 aliphatic rings. The quantitative estimate of drug-likeness (QED) is 0.640. The van der Waals surface area contributed by atoms with Crippen LogP contribution in [0.25, 0.3) is 16.7 Å². The second-order valence-electron chi connectivity index (χ2n) is 6.79. The molecule has 1 aliphatic carbocycles. The second-order valence-corrected chi connectivity index (χ2v) is 10.7. The Morgan fingerprint density at radius 1 is 0.600 bits per heavy atom. The first-order valence-electron chi connectivity index (χ1n) is 8.23. The van der Waals surface area contributed by atoms with E-state index in [-0.39, 0.29) is 12.4 Å². The summed E-state index contributed by atoms with van der Waals surface area (Å²) in [5, 5.41) is 0. The van der Waals surface area contributed by atoms with E-state index in [0.29, 0.717) is 0 Å². The van der Waals surface area contributed by atoms with Crippen LogP contribution in [-0.4, -0.2) is 56.3 Å². The number of halogens is 1. The summed E-state index contributed by atoms with van der Waals surface area (Å²) in [5.41, 5.74) is 6.72. The van der Waals surface area contributed by atoms with Crippen molar-refractivity contribution in [2.45, 2.75) is 0 Å². The van der Waals surface area contributed by atoms with Crippen LogP contribution in [0.2, 0.25) is 0 Å². The molecular weight excluding hydrogens is 349 g/mol. The summed E-state index contributed by atoms with van der Waals surface area (Å²) in [7, 11) is 11.3. The molecule has 3 rings (SSSR count). The molecule has 2 aromatic rings. The Morgan fingerprint density at radius 2 is 0.920 bits per heavy atom. The van der Waals surface area contributed by atoms with E-state index in [2.05, 4.69) is 111 Å². The highest BCUT2D eigenvalue weighted by atomic mass is 35.5. The number of hydrogen-bond donors (Lipinski definition) is 0. The van der Waals surface area contributed by atoms with Crippen molar-refractivity contribution in [3.8, 4) is 11.1 Å². The molecule has 3 nitrogen and oxygen atoms in total. The molecule has 0 fully saturated rings. The van der Waals surface area contributed by atoms with Crippen LogP contribution in [0.3, 0.4) is 0 Å². The van der Waals surface area contributed by atoms with Gasteiger partial charge in [-0.15, -0.1) is 0 Å². The minimum Gasteiger partial charge on any atom is -1.00 e. The van der Waals surface area contributed by atoms with E-state index in [1.807, 2.05) is 0 Å². The van der Waals surface area contributed by atoms with Crippen molar-refractivity contribution in [1.29, 1.82) is 0 Å². The average molecular weight is 376 g/mol. The summed E-state index contributed by atoms with van der Waals surface area (Å²) in [6.07, 6.45) is 0. The van der Waals surface area contributed by atoms with Gasteiger partial charge in [0.25, 0.3) is 7.71 Å². The summed E-state index contributed by atoms with van der Waals surface area (Å²) in [6.45, 7) is 0. The molecule has 5 heteroatoms. The highest BCUT2D eigenvalue weighted by Gasteiger charge is 2.47. The molecule has 0 heterocycles. The molecule has 0 saturated carbocycles. The lowest BCUT2D eigenvalue weighted by atomic mass is 10.1. The molecule has 0 radical (unpaired) electrons. The first-order valence-corrected chi connectivity index (χ1v) is 9.95. The minimum absolute atomic E-state index is 0. The molecule has 0 bridgehead atoms. The predicted octanol–water partition coefficient (Wildman–Crippen LogP) is 1.51. The molecule has 134 valence electrons. The monoisotopic (exact) mass is 375 g/mol. The molecule has 0 atom stereocenters. The van der Waals surface area contributed by atoms with Gasteiger partial charge in [0.05, 0.1) is 0 Å². The van der Waals surface area contributed by atoms with Gasteiger partial charge in [0, 0.05) is 47.9 Å². The van der Waals surface area contributed by atoms with Crippen LogP contribution in [0, 0.1) is 0 Å². The van der Waals surface area contributed by atoms with Crippen LogP contribution in [0.1, 0.15) is 11.1 Å². The number of hydrogen-bond acceptors (Lipinski definition) is 3. The zero-order valence-electron chi connectivity index (χ0n) is 15.9. The van der Waals surface area contributed by atoms with Crippen LogP contribution in [0.5, 0.6) is 0 Å². The molecule has 0 N–H and O–H groups in total. The summed E-state index contributed by atoms with van der Waals surface area (Å²) in [6, 6.07) is 17.5. The lowest BCUT2D eigenvalue weighted by Crippen LogP contribution is -3.00. The molecule has 0 unspecified atom stereocenters. The van der Waals surface area contributed by atoms with Crippen molar-refractivity contribution < 1.29 is 12.4 Å². The van der Waals surface area contributed by atoms with Crippen LogP contribution in [0.15, 0.2) is 54.3 Å². The van der Waals surface area contributed by atoms with Crippen molar-refractivity contribution >= 4 is 13.3 Å². The first-order chi connectivity index (χ1) is 11.4. The number of fused-ring (bicyclic) bond motifs is 3. The van der Waals surface area contributed by atoms with E-state index < -0.39 is 7.71 Å². The van der Waals surface area contributed by atoms with Crippen molar-refractivity contribution in [1.82, 2.24) is 14.0 Å². The molecule has 0 aromatic heterocycles. The fourth-order valence-corrected chi connectivity index (χ4v) is 7.25. The third-order valence-corrected chi connectivity index (χ3v) is 8.93. The summed E-state index contributed by atoms with van der Waals surface area (Å²) >= 11 is 0. The lowest BCUT2D eigenvalue weighted by Gasteiger charge is -2.37. The van der Waals surface area contributed by atoms with Gasteiger partial charge in [-0.2, -0.15) is 14.0 Å². The Balaban J connectivity index is 0.00000225. The zero-order valence-corrected chi connectivity index (χ0v) is 17.5. The Morgan fingerprint density at radius 3 is 1.24 bits per heavy atom. The van der Waals surface area contributed by atoms with Crippen LogP contribution < -0.4 is 12.4 Å². The second kappa shape index (κ2) is 7.57. The maximum atomic E-state index is 2.50. The standard InChI is InChI=1S/C20H27N3P.ClH/c1-21(2)24(22(3)4,23(5)6)15-20-18-13-9-7-11-16(18)17-12-8-10-14-19(17)20;/h7-15H,1-6H3;1H/q+1;/p-1. The van der Waals surface area contributed by atoms with E-state index in [9.17, 15) is 0 Å². The lowest BCUT2D eigenvalue weighted by molar-refractivity contribution is -0.00000500. The van der Waals surface area contributed by atoms with Gasteiger partial charge in [-0.25, -0.2) is 0 Å². The van der Waals surface area contributed by atoms with Gasteiger partial charge in [0.2, 0.25) is 0 Å². The Kier molecular flexibility index (Phi) is 6.09. The van der Waals surface area contributed by atoms with Gasteiger partial charge in [-0.05, 0) is 22.3 Å².